The van der Waals surface area contributed by atoms with Crippen LogP contribution in [0.5, 0.6) is 0 Å². The van der Waals surface area contributed by atoms with Gasteiger partial charge in [0, 0.05) is 24.6 Å². The molecule has 0 spiro atoms. The highest BCUT2D eigenvalue weighted by atomic mass is 16.4. The summed E-state index contributed by atoms with van der Waals surface area (Å²) in [5.74, 6) is -1.38. The molecule has 1 amide bonds. The third-order valence-electron chi connectivity index (χ3n) is 2.65. The molecule has 0 aliphatic heterocycles. The van der Waals surface area contributed by atoms with Gasteiger partial charge in [0.15, 0.2) is 5.69 Å². The Kier molecular flexibility index (Phi) is 4.04. The van der Waals surface area contributed by atoms with E-state index in [1.165, 1.54) is 10.9 Å². The van der Waals surface area contributed by atoms with E-state index in [-0.39, 0.29) is 18.1 Å². The number of aromatic nitrogens is 4. The second kappa shape index (κ2) is 5.91. The second-order valence-electron chi connectivity index (χ2n) is 3.95. The first-order valence-electron chi connectivity index (χ1n) is 5.95. The molecule has 0 atom stereocenters. The summed E-state index contributed by atoms with van der Waals surface area (Å²) in [6.07, 6.45) is 4.42. The number of aromatic carboxylic acids is 1. The predicted molar refractivity (Wildman–Crippen MR) is 69.2 cm³/mol. The van der Waals surface area contributed by atoms with E-state index in [1.807, 2.05) is 6.92 Å². The zero-order valence-electron chi connectivity index (χ0n) is 10.8. The highest BCUT2D eigenvalue weighted by Crippen LogP contribution is 2.12. The van der Waals surface area contributed by atoms with Crippen LogP contribution in [0.15, 0.2) is 30.7 Å². The second-order valence-corrected chi connectivity index (χ2v) is 3.95. The quantitative estimate of drug-likeness (QED) is 0.848. The largest absolute Gasteiger partial charge is 0.476 e. The van der Waals surface area contributed by atoms with E-state index in [1.54, 1.807) is 29.4 Å². The molecule has 0 fully saturated rings. The summed E-state index contributed by atoms with van der Waals surface area (Å²) in [4.78, 5) is 28.3. The number of nitrogens with zero attached hydrogens (tertiary/aromatic N) is 5. The molecule has 1 N–H and O–H groups in total. The van der Waals surface area contributed by atoms with E-state index in [2.05, 4.69) is 15.3 Å². The first kappa shape index (κ1) is 13.7. The number of anilines is 1. The third-order valence-corrected chi connectivity index (χ3v) is 2.65. The van der Waals surface area contributed by atoms with E-state index >= 15 is 0 Å². The molecule has 0 aromatic carbocycles. The summed E-state index contributed by atoms with van der Waals surface area (Å²) in [6.45, 7) is 2.27. The van der Waals surface area contributed by atoms with Gasteiger partial charge in [-0.25, -0.2) is 9.48 Å². The van der Waals surface area contributed by atoms with Crippen molar-refractivity contribution in [2.75, 3.05) is 11.4 Å². The zero-order chi connectivity index (χ0) is 14.5. The van der Waals surface area contributed by atoms with Gasteiger partial charge in [-0.2, -0.15) is 0 Å². The molecule has 0 bridgehead atoms. The van der Waals surface area contributed by atoms with Gasteiger partial charge >= 0.3 is 5.97 Å². The minimum Gasteiger partial charge on any atom is -0.476 e. The molecule has 2 heterocycles. The van der Waals surface area contributed by atoms with Gasteiger partial charge in [-0.05, 0) is 19.1 Å². The average molecular weight is 275 g/mol. The molecule has 0 saturated heterocycles. The van der Waals surface area contributed by atoms with Crippen molar-refractivity contribution < 1.29 is 14.7 Å². The fraction of sp³-hybridized carbons (Fsp3) is 0.250. The van der Waals surface area contributed by atoms with Crippen LogP contribution in [-0.4, -0.2) is 43.5 Å². The Labute approximate surface area is 114 Å². The summed E-state index contributed by atoms with van der Waals surface area (Å²) in [7, 11) is 0. The molecular formula is C12H13N5O3. The van der Waals surface area contributed by atoms with Gasteiger partial charge in [-0.1, -0.05) is 5.21 Å². The maximum Gasteiger partial charge on any atom is 0.358 e. The van der Waals surface area contributed by atoms with Crippen molar-refractivity contribution in [3.8, 4) is 0 Å². The van der Waals surface area contributed by atoms with Gasteiger partial charge in [0.2, 0.25) is 5.91 Å². The van der Waals surface area contributed by atoms with Crippen molar-refractivity contribution in [2.24, 2.45) is 0 Å². The number of amides is 1. The average Bonchev–Trinajstić information content (AvgIpc) is 2.89. The monoisotopic (exact) mass is 275 g/mol. The molecule has 0 aliphatic carbocycles. The number of hydrogen-bond donors (Lipinski definition) is 1. The van der Waals surface area contributed by atoms with E-state index in [0.717, 1.165) is 5.69 Å². The number of rotatable bonds is 5. The van der Waals surface area contributed by atoms with Gasteiger partial charge in [0.25, 0.3) is 0 Å². The topological polar surface area (TPSA) is 101 Å². The number of carbonyl (C=O) groups is 2. The van der Waals surface area contributed by atoms with Gasteiger partial charge in [0.05, 0.1) is 6.20 Å². The molecule has 2 aromatic heterocycles. The van der Waals surface area contributed by atoms with E-state index in [0.29, 0.717) is 6.54 Å². The summed E-state index contributed by atoms with van der Waals surface area (Å²) in [6, 6.07) is 3.46. The standard InChI is InChI=1S/C12H13N5O3/c1-2-17(9-3-5-13-6-4-9)11(18)8-16-7-10(12(19)20)14-15-16/h3-7H,2,8H2,1H3,(H,19,20). The molecule has 104 valence electrons. The van der Waals surface area contributed by atoms with Crippen LogP contribution in [-0.2, 0) is 11.3 Å². The van der Waals surface area contributed by atoms with Crippen LogP contribution in [0.1, 0.15) is 17.4 Å². The van der Waals surface area contributed by atoms with Crippen LogP contribution < -0.4 is 4.90 Å². The summed E-state index contributed by atoms with van der Waals surface area (Å²) in [5.41, 5.74) is 0.538. The predicted octanol–water partition coefficient (Wildman–Crippen LogP) is 0.424. The Morgan fingerprint density at radius 2 is 2.05 bits per heavy atom. The summed E-state index contributed by atoms with van der Waals surface area (Å²) < 4.78 is 1.20. The molecule has 0 unspecified atom stereocenters. The first-order valence-corrected chi connectivity index (χ1v) is 5.95. The number of carboxylic acid groups (broad SMARTS) is 1. The van der Waals surface area contributed by atoms with Gasteiger partial charge in [-0.15, -0.1) is 5.10 Å². The Morgan fingerprint density at radius 3 is 2.60 bits per heavy atom. The van der Waals surface area contributed by atoms with Crippen LogP contribution in [0, 0.1) is 0 Å². The third kappa shape index (κ3) is 2.97. The van der Waals surface area contributed by atoms with Crippen LogP contribution in [0.25, 0.3) is 0 Å². The lowest BCUT2D eigenvalue weighted by Crippen LogP contribution is -2.33. The highest BCUT2D eigenvalue weighted by molar-refractivity contribution is 5.93. The minimum absolute atomic E-state index is 0.0730. The Balaban J connectivity index is 2.11. The molecule has 0 saturated carbocycles. The lowest BCUT2D eigenvalue weighted by Gasteiger charge is -2.20. The molecule has 20 heavy (non-hydrogen) atoms. The lowest BCUT2D eigenvalue weighted by atomic mass is 10.3. The molecule has 0 radical (unpaired) electrons. The molecule has 0 aliphatic rings. The Morgan fingerprint density at radius 1 is 1.35 bits per heavy atom. The number of carboxylic acids is 1. The number of pyridine rings is 1. The van der Waals surface area contributed by atoms with Gasteiger partial charge in [-0.3, -0.25) is 9.78 Å². The maximum absolute atomic E-state index is 12.2. The van der Waals surface area contributed by atoms with E-state index in [4.69, 9.17) is 5.11 Å². The fourth-order valence-corrected chi connectivity index (χ4v) is 1.72. The SMILES string of the molecule is CCN(C(=O)Cn1cc(C(=O)O)nn1)c1ccncc1. The van der Waals surface area contributed by atoms with Gasteiger partial charge in [0.1, 0.15) is 6.54 Å². The van der Waals surface area contributed by atoms with Crippen molar-refractivity contribution in [3.63, 3.8) is 0 Å². The Bertz CT molecular complexity index is 611. The number of carbonyl (C=O) groups excluding carboxylic acids is 1. The maximum atomic E-state index is 12.2. The van der Waals surface area contributed by atoms with Crippen LogP contribution in [0.3, 0.4) is 0 Å². The van der Waals surface area contributed by atoms with Crippen LogP contribution in [0.4, 0.5) is 5.69 Å². The van der Waals surface area contributed by atoms with E-state index in [9.17, 15) is 9.59 Å². The molecule has 2 rings (SSSR count). The minimum atomic E-state index is -1.18. The van der Waals surface area contributed by atoms with E-state index < -0.39 is 5.97 Å². The Hall–Kier alpha value is -2.77. The number of hydrogen-bond acceptors (Lipinski definition) is 5. The molecule has 2 aromatic rings. The highest BCUT2D eigenvalue weighted by Gasteiger charge is 2.16. The zero-order valence-corrected chi connectivity index (χ0v) is 10.8. The smallest absolute Gasteiger partial charge is 0.358 e. The lowest BCUT2D eigenvalue weighted by molar-refractivity contribution is -0.119. The molecule has 8 heteroatoms. The van der Waals surface area contributed by atoms with Crippen molar-refractivity contribution in [3.05, 3.63) is 36.4 Å². The van der Waals surface area contributed by atoms with Crippen LogP contribution in [0.2, 0.25) is 0 Å². The molecule has 8 nitrogen and oxygen atoms in total. The fourth-order valence-electron chi connectivity index (χ4n) is 1.72. The van der Waals surface area contributed by atoms with Crippen molar-refractivity contribution in [1.29, 1.82) is 0 Å². The van der Waals surface area contributed by atoms with Crippen molar-refractivity contribution in [1.82, 2.24) is 20.0 Å². The first-order chi connectivity index (χ1) is 9.61. The summed E-state index contributed by atoms with van der Waals surface area (Å²) in [5, 5.41) is 15.8. The number of likely N-dealkylation sites (N-methyl/N-ethyl adjacent to an activating group) is 1. The van der Waals surface area contributed by atoms with Crippen molar-refractivity contribution >= 4 is 17.6 Å². The van der Waals surface area contributed by atoms with Crippen LogP contribution >= 0.6 is 0 Å². The summed E-state index contributed by atoms with van der Waals surface area (Å²) >= 11 is 0. The molecular weight excluding hydrogens is 262 g/mol. The van der Waals surface area contributed by atoms with Crippen molar-refractivity contribution in [2.45, 2.75) is 13.5 Å². The van der Waals surface area contributed by atoms with Gasteiger partial charge < -0.3 is 10.0 Å². The normalized spacial score (nSPS) is 10.2.